The van der Waals surface area contributed by atoms with Crippen molar-refractivity contribution in [2.75, 3.05) is 0 Å². The fourth-order valence-electron chi connectivity index (χ4n) is 2.09. The Morgan fingerprint density at radius 3 is 2.19 bits per heavy atom. The predicted octanol–water partition coefficient (Wildman–Crippen LogP) is 4.27. The van der Waals surface area contributed by atoms with Gasteiger partial charge in [-0.05, 0) is 25.7 Å². The molecule has 1 fully saturated rings. The standard InChI is InChI=1S/C13H17O.BrH.Zn/c1-10-6-5-7-11(2)13(10)14-12-8-3-4-9-12;;/h6-7,12H,3-4,8-9H2,1-2H3;1H;/q-1;;+2/p-1. The van der Waals surface area contributed by atoms with E-state index in [1.54, 1.807) is 0 Å². The van der Waals surface area contributed by atoms with Crippen molar-refractivity contribution in [2.24, 2.45) is 0 Å². The molecule has 0 aliphatic heterocycles. The van der Waals surface area contributed by atoms with Crippen molar-refractivity contribution in [3.8, 4) is 5.75 Å². The number of ether oxygens (including phenoxy) is 1. The Labute approximate surface area is 115 Å². The van der Waals surface area contributed by atoms with Crippen LogP contribution in [0.2, 0.25) is 0 Å². The molecule has 0 unspecified atom stereocenters. The van der Waals surface area contributed by atoms with Gasteiger partial charge < -0.3 is 4.74 Å². The van der Waals surface area contributed by atoms with E-state index >= 15 is 0 Å². The van der Waals surface area contributed by atoms with Crippen molar-refractivity contribution < 1.29 is 21.1 Å². The van der Waals surface area contributed by atoms with Crippen LogP contribution in [0.3, 0.4) is 0 Å². The summed E-state index contributed by atoms with van der Waals surface area (Å²) in [7, 11) is 0. The van der Waals surface area contributed by atoms with E-state index < -0.39 is 0 Å². The Bertz CT molecular complexity index is 301. The minimum absolute atomic E-state index is 0.454. The molecule has 1 aliphatic carbocycles. The molecule has 84 valence electrons. The van der Waals surface area contributed by atoms with Gasteiger partial charge in [0.25, 0.3) is 0 Å². The molecule has 2 rings (SSSR count). The summed E-state index contributed by atoms with van der Waals surface area (Å²) in [6.45, 7) is 4.18. The second kappa shape index (κ2) is 7.45. The molecule has 1 nitrogen and oxygen atoms in total. The number of hydrogen-bond acceptors (Lipinski definition) is 1. The third-order valence-electron chi connectivity index (χ3n) is 2.90. The van der Waals surface area contributed by atoms with Crippen molar-refractivity contribution in [3.05, 3.63) is 29.3 Å². The number of rotatable bonds is 2. The molecule has 0 saturated heterocycles. The first-order chi connectivity index (χ1) is 7.77. The van der Waals surface area contributed by atoms with Crippen LogP contribution in [0.15, 0.2) is 12.1 Å². The van der Waals surface area contributed by atoms with Crippen LogP contribution < -0.4 is 4.74 Å². The Balaban J connectivity index is 0.000000606. The van der Waals surface area contributed by atoms with Crippen LogP contribution in [-0.4, -0.2) is 6.10 Å². The average molecular weight is 335 g/mol. The minimum atomic E-state index is 0.454. The van der Waals surface area contributed by atoms with Crippen LogP contribution in [0.4, 0.5) is 0 Å². The van der Waals surface area contributed by atoms with Gasteiger partial charge in [0.15, 0.2) is 0 Å². The van der Waals surface area contributed by atoms with Crippen LogP contribution >= 0.6 is 13.6 Å². The molecule has 0 radical (unpaired) electrons. The Morgan fingerprint density at radius 1 is 1.19 bits per heavy atom. The molecular weight excluding hydrogens is 317 g/mol. The quantitative estimate of drug-likeness (QED) is 0.580. The summed E-state index contributed by atoms with van der Waals surface area (Å²) in [5, 5.41) is 0. The van der Waals surface area contributed by atoms with Crippen molar-refractivity contribution in [2.45, 2.75) is 45.6 Å². The number of hydrogen-bond donors (Lipinski definition) is 0. The molecule has 1 aliphatic rings. The van der Waals surface area contributed by atoms with Crippen molar-refractivity contribution in [1.82, 2.24) is 0 Å². The summed E-state index contributed by atoms with van der Waals surface area (Å²) < 4.78 is 6.02. The molecule has 0 bridgehead atoms. The van der Waals surface area contributed by atoms with E-state index in [1.165, 1.54) is 53.2 Å². The second-order valence-corrected chi connectivity index (χ2v) is 4.17. The second-order valence-electron chi connectivity index (χ2n) is 4.17. The van der Waals surface area contributed by atoms with E-state index in [0.717, 1.165) is 5.75 Å². The molecule has 0 N–H and O–H groups in total. The third-order valence-corrected chi connectivity index (χ3v) is 2.90. The molecular formula is C13H17BrOZn. The van der Waals surface area contributed by atoms with Gasteiger partial charge in [-0.1, -0.05) is 13.8 Å². The fourth-order valence-corrected chi connectivity index (χ4v) is 2.09. The molecule has 1 aromatic rings. The van der Waals surface area contributed by atoms with E-state index in [0.29, 0.717) is 6.10 Å². The first kappa shape index (κ1) is 14.2. The van der Waals surface area contributed by atoms with Crippen LogP contribution in [0.25, 0.3) is 0 Å². The molecule has 3 heteroatoms. The zero-order chi connectivity index (χ0) is 12.0. The molecule has 0 spiro atoms. The summed E-state index contributed by atoms with van der Waals surface area (Å²) in [6, 6.07) is 7.11. The summed E-state index contributed by atoms with van der Waals surface area (Å²) in [6.07, 6.45) is 5.54. The van der Waals surface area contributed by atoms with Crippen molar-refractivity contribution in [3.63, 3.8) is 0 Å². The number of halogens is 1. The monoisotopic (exact) mass is 332 g/mol. The molecule has 1 saturated carbocycles. The zero-order valence-corrected chi connectivity index (χ0v) is 14.6. The molecule has 0 atom stereocenters. The van der Waals surface area contributed by atoms with E-state index in [1.807, 2.05) is 12.1 Å². The molecule has 1 aromatic carbocycles. The first-order valence-corrected chi connectivity index (χ1v) is 12.6. The number of benzene rings is 1. The van der Waals surface area contributed by atoms with Crippen molar-refractivity contribution in [1.29, 1.82) is 0 Å². The topological polar surface area (TPSA) is 9.23 Å². The maximum atomic E-state index is 6.02. The summed E-state index contributed by atoms with van der Waals surface area (Å²) in [4.78, 5) is 0. The molecule has 0 amide bonds. The van der Waals surface area contributed by atoms with E-state index in [-0.39, 0.29) is 0 Å². The number of aryl methyl sites for hydroxylation is 2. The Hall–Kier alpha value is 0.123. The molecule has 16 heavy (non-hydrogen) atoms. The van der Waals surface area contributed by atoms with Gasteiger partial charge >= 0.3 is 30.0 Å². The average Bonchev–Trinajstić information content (AvgIpc) is 2.79. The van der Waals surface area contributed by atoms with Crippen molar-refractivity contribution >= 4 is 13.6 Å². The van der Waals surface area contributed by atoms with Gasteiger partial charge in [0.2, 0.25) is 0 Å². The van der Waals surface area contributed by atoms with Gasteiger partial charge in [0.05, 0.1) is 6.10 Å². The normalized spacial score (nSPS) is 15.6. The SMILES string of the molecule is Cc1c[c-]cc(C)c1OC1CCCC1.[Zn+][Br]. The van der Waals surface area contributed by atoms with Crippen LogP contribution in [0, 0.1) is 19.9 Å². The summed E-state index contributed by atoms with van der Waals surface area (Å²) >= 11 is 4.25. The maximum absolute atomic E-state index is 6.02. The molecule has 0 aromatic heterocycles. The van der Waals surface area contributed by atoms with E-state index in [2.05, 4.69) is 33.5 Å². The Kier molecular flexibility index (Phi) is 6.60. The third kappa shape index (κ3) is 3.85. The van der Waals surface area contributed by atoms with Gasteiger partial charge in [0, 0.05) is 5.75 Å². The van der Waals surface area contributed by atoms with Gasteiger partial charge in [0.1, 0.15) is 0 Å². The fraction of sp³-hybridized carbons (Fsp3) is 0.538. The van der Waals surface area contributed by atoms with Crippen LogP contribution in [0.5, 0.6) is 5.75 Å². The van der Waals surface area contributed by atoms with Gasteiger partial charge in [-0.2, -0.15) is 18.2 Å². The van der Waals surface area contributed by atoms with Crippen LogP contribution in [-0.2, 0) is 16.3 Å². The Morgan fingerprint density at radius 2 is 1.69 bits per heavy atom. The molecule has 0 heterocycles. The summed E-state index contributed by atoms with van der Waals surface area (Å²) in [5.74, 6) is 1.08. The first-order valence-electron chi connectivity index (χ1n) is 5.68. The zero-order valence-electron chi connectivity index (χ0n) is 10.1. The van der Waals surface area contributed by atoms with E-state index in [4.69, 9.17) is 4.74 Å². The van der Waals surface area contributed by atoms with Gasteiger partial charge in [-0.3, -0.25) is 0 Å². The van der Waals surface area contributed by atoms with Crippen LogP contribution in [0.1, 0.15) is 36.8 Å². The van der Waals surface area contributed by atoms with Gasteiger partial charge in [-0.25, -0.2) is 0 Å². The summed E-state index contributed by atoms with van der Waals surface area (Å²) in [5.41, 5.74) is 2.41. The van der Waals surface area contributed by atoms with E-state index in [9.17, 15) is 0 Å². The predicted molar refractivity (Wildman–Crippen MR) is 66.6 cm³/mol. The van der Waals surface area contributed by atoms with Gasteiger partial charge in [-0.15, -0.1) is 11.1 Å².